The van der Waals surface area contributed by atoms with Crippen LogP contribution in [0.1, 0.15) is 6.92 Å². The number of benzene rings is 1. The molecule has 0 saturated heterocycles. The number of hydrogen-bond donors (Lipinski definition) is 1. The Morgan fingerprint density at radius 3 is 2.19 bits per heavy atom. The molecule has 0 bridgehead atoms. The number of nitrogens with two attached hydrogens (primary N) is 1. The number of likely N-dealkylation sites (N-methyl/N-ethyl adjacent to an activating group) is 1. The summed E-state index contributed by atoms with van der Waals surface area (Å²) >= 11 is 3.11. The lowest BCUT2D eigenvalue weighted by atomic mass is 10.4. The normalized spacial score (nSPS) is 13.8. The van der Waals surface area contributed by atoms with Crippen molar-refractivity contribution in [3.05, 3.63) is 22.7 Å². The highest BCUT2D eigenvalue weighted by Gasteiger charge is 2.27. The van der Waals surface area contributed by atoms with Crippen LogP contribution in [0.5, 0.6) is 0 Å². The van der Waals surface area contributed by atoms with Crippen molar-refractivity contribution in [1.29, 1.82) is 0 Å². The fourth-order valence-corrected chi connectivity index (χ4v) is 4.67. The largest absolute Gasteiger partial charge is 0.329 e. The van der Waals surface area contributed by atoms with Crippen LogP contribution in [0.3, 0.4) is 0 Å². The Kier molecular flexibility index (Phi) is 7.32. The average molecular weight is 422 g/mol. The van der Waals surface area contributed by atoms with E-state index in [0.717, 1.165) is 10.6 Å². The number of sulfonamides is 1. The average Bonchev–Trinajstić information content (AvgIpc) is 2.35. The molecule has 0 aliphatic rings. The van der Waals surface area contributed by atoms with Crippen molar-refractivity contribution in [3.8, 4) is 0 Å². The van der Waals surface area contributed by atoms with Gasteiger partial charge in [-0.05, 0) is 41.1 Å². The molecule has 10 heteroatoms. The predicted octanol–water partition coefficient (Wildman–Crippen LogP) is 1.24. The van der Waals surface area contributed by atoms with Gasteiger partial charge in [0.25, 0.3) is 0 Å². The van der Waals surface area contributed by atoms with Crippen molar-refractivity contribution in [2.75, 3.05) is 19.8 Å². The molecule has 21 heavy (non-hydrogen) atoms. The van der Waals surface area contributed by atoms with Gasteiger partial charge in [-0.25, -0.2) is 16.8 Å². The monoisotopic (exact) mass is 420 g/mol. The van der Waals surface area contributed by atoms with Gasteiger partial charge in [0.1, 0.15) is 0 Å². The molecule has 0 aliphatic heterocycles. The van der Waals surface area contributed by atoms with Crippen LogP contribution in [0.4, 0.5) is 0 Å². The van der Waals surface area contributed by atoms with Crippen molar-refractivity contribution in [2.45, 2.75) is 22.8 Å². The van der Waals surface area contributed by atoms with Crippen LogP contribution >= 0.6 is 28.3 Å². The Hall–Kier alpha value is -0.190. The summed E-state index contributed by atoms with van der Waals surface area (Å²) in [5.41, 5.74) is 5.47. The lowest BCUT2D eigenvalue weighted by molar-refractivity contribution is 0.394. The van der Waals surface area contributed by atoms with E-state index in [0.29, 0.717) is 0 Å². The first-order valence-corrected chi connectivity index (χ1v) is 9.82. The highest BCUT2D eigenvalue weighted by molar-refractivity contribution is 9.10. The molecule has 0 amide bonds. The van der Waals surface area contributed by atoms with Gasteiger partial charge < -0.3 is 5.73 Å². The van der Waals surface area contributed by atoms with Gasteiger partial charge in [0, 0.05) is 30.4 Å². The second-order valence-electron chi connectivity index (χ2n) is 4.47. The minimum atomic E-state index is -3.73. The first kappa shape index (κ1) is 20.8. The van der Waals surface area contributed by atoms with Gasteiger partial charge in [-0.1, -0.05) is 0 Å². The van der Waals surface area contributed by atoms with Gasteiger partial charge in [-0.15, -0.1) is 12.4 Å². The molecule has 1 unspecified atom stereocenters. The zero-order valence-corrected chi connectivity index (χ0v) is 15.8. The molecule has 6 nitrogen and oxygen atoms in total. The molecule has 1 aromatic carbocycles. The lowest BCUT2D eigenvalue weighted by Crippen LogP contribution is -2.39. The molecule has 0 fully saturated rings. The molecule has 1 aromatic rings. The van der Waals surface area contributed by atoms with Crippen molar-refractivity contribution in [1.82, 2.24) is 4.31 Å². The van der Waals surface area contributed by atoms with Gasteiger partial charge in [-0.2, -0.15) is 4.31 Å². The van der Waals surface area contributed by atoms with E-state index in [2.05, 4.69) is 15.9 Å². The van der Waals surface area contributed by atoms with Crippen molar-refractivity contribution >= 4 is 48.2 Å². The first-order chi connectivity index (χ1) is 9.01. The van der Waals surface area contributed by atoms with Crippen molar-refractivity contribution in [3.63, 3.8) is 0 Å². The molecule has 1 rings (SSSR count). The third kappa shape index (κ3) is 4.64. The topological polar surface area (TPSA) is 97.5 Å². The zero-order valence-electron chi connectivity index (χ0n) is 11.8. The molecule has 0 aromatic heterocycles. The van der Waals surface area contributed by atoms with Gasteiger partial charge in [-0.3, -0.25) is 0 Å². The molecule has 2 N–H and O–H groups in total. The molecule has 122 valence electrons. The Bertz CT molecular complexity index is 707. The third-order valence-electron chi connectivity index (χ3n) is 2.95. The van der Waals surface area contributed by atoms with E-state index in [-0.39, 0.29) is 39.3 Å². The molecule has 0 saturated carbocycles. The van der Waals surface area contributed by atoms with E-state index >= 15 is 0 Å². The molecule has 0 heterocycles. The van der Waals surface area contributed by atoms with Crippen LogP contribution in [-0.2, 0) is 19.9 Å². The number of halogens is 2. The van der Waals surface area contributed by atoms with Crippen molar-refractivity contribution in [2.24, 2.45) is 5.73 Å². The lowest BCUT2D eigenvalue weighted by Gasteiger charge is -2.23. The Labute approximate surface area is 140 Å². The molecule has 0 spiro atoms. The molecule has 0 aliphatic carbocycles. The van der Waals surface area contributed by atoms with Gasteiger partial charge >= 0.3 is 0 Å². The minimum Gasteiger partial charge on any atom is -0.329 e. The van der Waals surface area contributed by atoms with E-state index in [4.69, 9.17) is 5.73 Å². The maximum atomic E-state index is 12.4. The summed E-state index contributed by atoms with van der Waals surface area (Å²) in [6, 6.07) is 3.47. The zero-order chi connectivity index (χ0) is 15.7. The van der Waals surface area contributed by atoms with E-state index in [9.17, 15) is 16.8 Å². The second-order valence-corrected chi connectivity index (χ2v) is 9.31. The third-order valence-corrected chi connectivity index (χ3v) is 7.01. The van der Waals surface area contributed by atoms with Gasteiger partial charge in [0.2, 0.25) is 10.0 Å². The minimum absolute atomic E-state index is 0. The standard InChI is InChI=1S/C11H17BrN2O4S2.ClH/c1-8(7-13)14(2)20(17,18)11-5-4-9(6-10(11)12)19(3,15)16;/h4-6,8H,7,13H2,1-3H3;1H. The van der Waals surface area contributed by atoms with E-state index in [1.54, 1.807) is 6.92 Å². The van der Waals surface area contributed by atoms with Gasteiger partial charge in [0.05, 0.1) is 9.79 Å². The predicted molar refractivity (Wildman–Crippen MR) is 88.0 cm³/mol. The summed E-state index contributed by atoms with van der Waals surface area (Å²) in [4.78, 5) is 0.0607. The van der Waals surface area contributed by atoms with Crippen LogP contribution in [0.15, 0.2) is 32.5 Å². The fourth-order valence-electron chi connectivity index (χ4n) is 1.46. The summed E-state index contributed by atoms with van der Waals surface area (Å²) in [6.07, 6.45) is 1.06. The number of rotatable bonds is 5. The van der Waals surface area contributed by atoms with Crippen LogP contribution in [0.25, 0.3) is 0 Å². The Balaban J connectivity index is 0.00000400. The summed E-state index contributed by atoms with van der Waals surface area (Å²) in [5.74, 6) is 0. The number of sulfone groups is 1. The molecule has 1 atom stereocenters. The summed E-state index contributed by atoms with van der Waals surface area (Å²) in [7, 11) is -5.68. The smallest absolute Gasteiger partial charge is 0.244 e. The van der Waals surface area contributed by atoms with Crippen LogP contribution < -0.4 is 5.73 Å². The Morgan fingerprint density at radius 1 is 1.29 bits per heavy atom. The highest BCUT2D eigenvalue weighted by atomic mass is 79.9. The summed E-state index contributed by atoms with van der Waals surface area (Å²) in [6.45, 7) is 1.88. The molecular formula is C11H18BrClN2O4S2. The number of hydrogen-bond acceptors (Lipinski definition) is 5. The Morgan fingerprint density at radius 2 is 1.81 bits per heavy atom. The maximum Gasteiger partial charge on any atom is 0.244 e. The van der Waals surface area contributed by atoms with E-state index in [1.165, 1.54) is 25.2 Å². The van der Waals surface area contributed by atoms with E-state index < -0.39 is 19.9 Å². The van der Waals surface area contributed by atoms with Crippen molar-refractivity contribution < 1.29 is 16.8 Å². The first-order valence-electron chi connectivity index (χ1n) is 5.69. The van der Waals surface area contributed by atoms with Crippen LogP contribution in [0, 0.1) is 0 Å². The van der Waals surface area contributed by atoms with Crippen LogP contribution in [0.2, 0.25) is 0 Å². The maximum absolute atomic E-state index is 12.4. The second kappa shape index (κ2) is 7.38. The van der Waals surface area contributed by atoms with Gasteiger partial charge in [0.15, 0.2) is 9.84 Å². The summed E-state index contributed by atoms with van der Waals surface area (Å²) < 4.78 is 49.1. The summed E-state index contributed by atoms with van der Waals surface area (Å²) in [5, 5.41) is 0. The highest BCUT2D eigenvalue weighted by Crippen LogP contribution is 2.28. The molecule has 0 radical (unpaired) electrons. The van der Waals surface area contributed by atoms with Crippen LogP contribution in [-0.4, -0.2) is 47.0 Å². The quantitative estimate of drug-likeness (QED) is 0.771. The molecular weight excluding hydrogens is 404 g/mol. The number of nitrogens with zero attached hydrogens (tertiary/aromatic N) is 1. The SMILES string of the molecule is CC(CN)N(C)S(=O)(=O)c1ccc(S(C)(=O)=O)cc1Br.Cl. The van der Waals surface area contributed by atoms with E-state index in [1.807, 2.05) is 0 Å². The fraction of sp³-hybridized carbons (Fsp3) is 0.455.